The number of carbonyl (C=O) groups excluding carboxylic acids is 1. The highest BCUT2D eigenvalue weighted by atomic mass is 16.1. The third-order valence-electron chi connectivity index (χ3n) is 1.70. The van der Waals surface area contributed by atoms with Crippen molar-refractivity contribution in [3.05, 3.63) is 12.2 Å². The molecule has 0 aromatic heterocycles. The summed E-state index contributed by atoms with van der Waals surface area (Å²) in [6.45, 7) is 6.37. The number of nitrogens with two attached hydrogens (primary N) is 1. The molecule has 0 aromatic carbocycles. The van der Waals surface area contributed by atoms with Gasteiger partial charge in [0.25, 0.3) is 0 Å². The molecule has 3 heteroatoms. The van der Waals surface area contributed by atoms with Crippen LogP contribution >= 0.6 is 0 Å². The predicted molar refractivity (Wildman–Crippen MR) is 50.6 cm³/mol. The Labute approximate surface area is 74.0 Å². The van der Waals surface area contributed by atoms with E-state index in [1.54, 1.807) is 6.08 Å². The average Bonchev–Trinajstić information content (AvgIpc) is 2.00. The van der Waals surface area contributed by atoms with Crippen LogP contribution in [0.4, 0.5) is 0 Å². The van der Waals surface area contributed by atoms with E-state index in [9.17, 15) is 4.79 Å². The molecule has 3 N–H and O–H groups in total. The topological polar surface area (TPSA) is 55.1 Å². The highest BCUT2D eigenvalue weighted by molar-refractivity contribution is 5.87. The van der Waals surface area contributed by atoms with Crippen LogP contribution in [0, 0.1) is 5.92 Å². The minimum Gasteiger partial charge on any atom is -0.348 e. The van der Waals surface area contributed by atoms with Gasteiger partial charge in [0.2, 0.25) is 5.91 Å². The fraction of sp³-hybridized carbons (Fsp3) is 0.667. The van der Waals surface area contributed by atoms with Crippen LogP contribution in [0.15, 0.2) is 12.2 Å². The van der Waals surface area contributed by atoms with Crippen LogP contribution in [0.1, 0.15) is 20.8 Å². The maximum absolute atomic E-state index is 11.1. The van der Waals surface area contributed by atoms with Gasteiger partial charge in [-0.15, -0.1) is 0 Å². The van der Waals surface area contributed by atoms with E-state index in [2.05, 4.69) is 5.32 Å². The van der Waals surface area contributed by atoms with Gasteiger partial charge >= 0.3 is 0 Å². The van der Waals surface area contributed by atoms with Gasteiger partial charge in [-0.2, -0.15) is 0 Å². The number of hydrogen-bond acceptors (Lipinski definition) is 2. The van der Waals surface area contributed by atoms with Gasteiger partial charge in [-0.1, -0.05) is 19.9 Å². The summed E-state index contributed by atoms with van der Waals surface area (Å²) in [7, 11) is 0. The number of hydrogen-bond donors (Lipinski definition) is 2. The van der Waals surface area contributed by atoms with Crippen LogP contribution in [0.3, 0.4) is 0 Å². The summed E-state index contributed by atoms with van der Waals surface area (Å²) in [5.41, 5.74) is 5.48. The molecule has 0 heterocycles. The minimum atomic E-state index is -0.0679. The lowest BCUT2D eigenvalue weighted by Crippen LogP contribution is -2.42. The lowest BCUT2D eigenvalue weighted by Gasteiger charge is -2.19. The van der Waals surface area contributed by atoms with Crippen molar-refractivity contribution in [2.45, 2.75) is 26.8 Å². The van der Waals surface area contributed by atoms with Gasteiger partial charge in [0.15, 0.2) is 0 Å². The molecule has 0 bridgehead atoms. The van der Waals surface area contributed by atoms with Crippen molar-refractivity contribution in [2.24, 2.45) is 11.7 Å². The molecule has 3 nitrogen and oxygen atoms in total. The van der Waals surface area contributed by atoms with Crippen LogP contribution in [0.25, 0.3) is 0 Å². The molecular weight excluding hydrogens is 152 g/mol. The second-order valence-electron chi connectivity index (χ2n) is 3.09. The Hall–Kier alpha value is -0.830. The van der Waals surface area contributed by atoms with Gasteiger partial charge in [-0.05, 0) is 18.9 Å². The molecule has 0 spiro atoms. The van der Waals surface area contributed by atoms with Crippen LogP contribution in [-0.2, 0) is 4.79 Å². The van der Waals surface area contributed by atoms with Crippen LogP contribution in [0.2, 0.25) is 0 Å². The summed E-state index contributed by atoms with van der Waals surface area (Å²) < 4.78 is 0. The van der Waals surface area contributed by atoms with E-state index in [0.717, 1.165) is 0 Å². The Morgan fingerprint density at radius 1 is 1.58 bits per heavy atom. The SMILES string of the molecule is CC=CC(=O)NC(CN)C(C)C. The Morgan fingerprint density at radius 3 is 2.50 bits per heavy atom. The number of allylic oxidation sites excluding steroid dienone is 1. The fourth-order valence-electron chi connectivity index (χ4n) is 0.880. The zero-order valence-corrected chi connectivity index (χ0v) is 8.00. The van der Waals surface area contributed by atoms with Crippen molar-refractivity contribution in [2.75, 3.05) is 6.54 Å². The minimum absolute atomic E-state index is 0.0679. The van der Waals surface area contributed by atoms with Crippen molar-refractivity contribution in [3.63, 3.8) is 0 Å². The van der Waals surface area contributed by atoms with Crippen molar-refractivity contribution in [1.29, 1.82) is 0 Å². The second-order valence-corrected chi connectivity index (χ2v) is 3.09. The van der Waals surface area contributed by atoms with E-state index in [-0.39, 0.29) is 11.9 Å². The van der Waals surface area contributed by atoms with E-state index in [1.807, 2.05) is 20.8 Å². The molecule has 0 rings (SSSR count). The standard InChI is InChI=1S/C9H18N2O/c1-4-5-9(12)11-8(6-10)7(2)3/h4-5,7-8H,6,10H2,1-3H3,(H,11,12). The maximum Gasteiger partial charge on any atom is 0.243 e. The summed E-state index contributed by atoms with van der Waals surface area (Å²) in [5, 5.41) is 2.82. The molecule has 0 saturated carbocycles. The van der Waals surface area contributed by atoms with Gasteiger partial charge in [0.05, 0.1) is 0 Å². The summed E-state index contributed by atoms with van der Waals surface area (Å²) in [5.74, 6) is 0.311. The lowest BCUT2D eigenvalue weighted by atomic mass is 10.1. The van der Waals surface area contributed by atoms with Crippen molar-refractivity contribution in [3.8, 4) is 0 Å². The molecule has 0 fully saturated rings. The first-order chi connectivity index (χ1) is 5.61. The molecule has 0 aliphatic heterocycles. The zero-order valence-electron chi connectivity index (χ0n) is 8.00. The predicted octanol–water partition coefficient (Wildman–Crippen LogP) is 0.662. The monoisotopic (exact) mass is 170 g/mol. The van der Waals surface area contributed by atoms with E-state index in [0.29, 0.717) is 12.5 Å². The Kier molecular flexibility index (Phi) is 5.37. The Bertz CT molecular complexity index is 164. The summed E-state index contributed by atoms with van der Waals surface area (Å²) in [6.07, 6.45) is 3.22. The molecule has 0 aliphatic rings. The molecule has 1 unspecified atom stereocenters. The Balaban J connectivity index is 3.94. The highest BCUT2D eigenvalue weighted by Crippen LogP contribution is 1.98. The summed E-state index contributed by atoms with van der Waals surface area (Å²) in [6, 6.07) is 0.0775. The average molecular weight is 170 g/mol. The zero-order chi connectivity index (χ0) is 9.56. The van der Waals surface area contributed by atoms with Crippen molar-refractivity contribution in [1.82, 2.24) is 5.32 Å². The molecule has 0 aromatic rings. The van der Waals surface area contributed by atoms with Crippen molar-refractivity contribution < 1.29 is 4.79 Å². The van der Waals surface area contributed by atoms with Gasteiger partial charge < -0.3 is 11.1 Å². The van der Waals surface area contributed by atoms with E-state index in [4.69, 9.17) is 5.73 Å². The summed E-state index contributed by atoms with van der Waals surface area (Å²) >= 11 is 0. The van der Waals surface area contributed by atoms with Gasteiger partial charge in [-0.25, -0.2) is 0 Å². The van der Waals surface area contributed by atoms with Gasteiger partial charge in [0.1, 0.15) is 0 Å². The first kappa shape index (κ1) is 11.2. The second kappa shape index (κ2) is 5.77. The smallest absolute Gasteiger partial charge is 0.243 e. The fourth-order valence-corrected chi connectivity index (χ4v) is 0.880. The lowest BCUT2D eigenvalue weighted by molar-refractivity contribution is -0.117. The molecule has 0 aliphatic carbocycles. The molecule has 0 radical (unpaired) electrons. The van der Waals surface area contributed by atoms with Crippen molar-refractivity contribution >= 4 is 5.91 Å². The molecule has 0 saturated heterocycles. The van der Waals surface area contributed by atoms with Gasteiger partial charge in [0, 0.05) is 12.6 Å². The Morgan fingerprint density at radius 2 is 2.17 bits per heavy atom. The quantitative estimate of drug-likeness (QED) is 0.609. The first-order valence-electron chi connectivity index (χ1n) is 4.25. The molecule has 12 heavy (non-hydrogen) atoms. The van der Waals surface area contributed by atoms with Gasteiger partial charge in [-0.3, -0.25) is 4.79 Å². The van der Waals surface area contributed by atoms with E-state index < -0.39 is 0 Å². The third kappa shape index (κ3) is 4.13. The molecule has 1 amide bonds. The molecule has 70 valence electrons. The highest BCUT2D eigenvalue weighted by Gasteiger charge is 2.11. The molecule has 1 atom stereocenters. The normalized spacial score (nSPS) is 13.8. The summed E-state index contributed by atoms with van der Waals surface area (Å²) in [4.78, 5) is 11.1. The van der Waals surface area contributed by atoms with Crippen LogP contribution < -0.4 is 11.1 Å². The maximum atomic E-state index is 11.1. The number of nitrogens with one attached hydrogen (secondary N) is 1. The van der Waals surface area contributed by atoms with E-state index in [1.165, 1.54) is 6.08 Å². The number of amides is 1. The largest absolute Gasteiger partial charge is 0.348 e. The van der Waals surface area contributed by atoms with Crippen LogP contribution in [-0.4, -0.2) is 18.5 Å². The number of carbonyl (C=O) groups is 1. The third-order valence-corrected chi connectivity index (χ3v) is 1.70. The first-order valence-corrected chi connectivity index (χ1v) is 4.25. The molecular formula is C9H18N2O. The number of rotatable bonds is 4. The van der Waals surface area contributed by atoms with E-state index >= 15 is 0 Å². The van der Waals surface area contributed by atoms with Crippen LogP contribution in [0.5, 0.6) is 0 Å².